The molecule has 0 radical (unpaired) electrons. The van der Waals surface area contributed by atoms with Crippen LogP contribution in [-0.4, -0.2) is 24.9 Å². The summed E-state index contributed by atoms with van der Waals surface area (Å²) in [7, 11) is 1.55. The molecule has 116 valence electrons. The minimum absolute atomic E-state index is 0.0125. The molecule has 21 heavy (non-hydrogen) atoms. The third-order valence-corrected chi connectivity index (χ3v) is 4.89. The van der Waals surface area contributed by atoms with Crippen LogP contribution in [0.2, 0.25) is 0 Å². The van der Waals surface area contributed by atoms with Crippen LogP contribution in [0.25, 0.3) is 0 Å². The molecule has 1 unspecified atom stereocenters. The summed E-state index contributed by atoms with van der Waals surface area (Å²) in [5, 5.41) is 12.5. The summed E-state index contributed by atoms with van der Waals surface area (Å²) in [6.45, 7) is 8.23. The summed E-state index contributed by atoms with van der Waals surface area (Å²) < 4.78 is 5.75. The quantitative estimate of drug-likeness (QED) is 0.900. The average Bonchev–Trinajstić information content (AvgIpc) is 3.09. The second kappa shape index (κ2) is 5.02. The SMILES string of the molecule is CNC(=O)OC1(c2ccc(C)cc2)C[C@]1(CO)C(C)(C)C. The van der Waals surface area contributed by atoms with Crippen molar-refractivity contribution in [3.63, 3.8) is 0 Å². The molecule has 1 aliphatic rings. The van der Waals surface area contributed by atoms with E-state index in [4.69, 9.17) is 4.74 Å². The van der Waals surface area contributed by atoms with Crippen molar-refractivity contribution >= 4 is 6.09 Å². The van der Waals surface area contributed by atoms with E-state index in [-0.39, 0.29) is 12.0 Å². The third-order valence-electron chi connectivity index (χ3n) is 4.89. The average molecular weight is 291 g/mol. The van der Waals surface area contributed by atoms with Crippen LogP contribution in [0.5, 0.6) is 0 Å². The van der Waals surface area contributed by atoms with E-state index in [2.05, 4.69) is 26.1 Å². The van der Waals surface area contributed by atoms with E-state index in [1.54, 1.807) is 7.05 Å². The zero-order valence-corrected chi connectivity index (χ0v) is 13.5. The van der Waals surface area contributed by atoms with Gasteiger partial charge in [-0.25, -0.2) is 4.79 Å². The molecule has 0 aliphatic heterocycles. The van der Waals surface area contributed by atoms with Crippen LogP contribution in [0.4, 0.5) is 4.79 Å². The van der Waals surface area contributed by atoms with Crippen LogP contribution in [0.3, 0.4) is 0 Å². The molecule has 1 amide bonds. The Kier molecular flexibility index (Phi) is 3.79. The van der Waals surface area contributed by atoms with Gasteiger partial charge in [-0.2, -0.15) is 0 Å². The van der Waals surface area contributed by atoms with Crippen LogP contribution in [0.15, 0.2) is 24.3 Å². The highest BCUT2D eigenvalue weighted by Gasteiger charge is 2.75. The Morgan fingerprint density at radius 3 is 2.29 bits per heavy atom. The Morgan fingerprint density at radius 1 is 1.33 bits per heavy atom. The van der Waals surface area contributed by atoms with Crippen molar-refractivity contribution in [3.8, 4) is 0 Å². The summed E-state index contributed by atoms with van der Waals surface area (Å²) in [6, 6.07) is 7.99. The van der Waals surface area contributed by atoms with E-state index in [0.717, 1.165) is 11.1 Å². The predicted molar refractivity (Wildman–Crippen MR) is 82.0 cm³/mol. The molecule has 1 aliphatic carbocycles. The largest absolute Gasteiger partial charge is 0.437 e. The topological polar surface area (TPSA) is 58.6 Å². The van der Waals surface area contributed by atoms with E-state index in [0.29, 0.717) is 6.42 Å². The summed E-state index contributed by atoms with van der Waals surface area (Å²) in [6.07, 6.45) is 0.173. The highest BCUT2D eigenvalue weighted by molar-refractivity contribution is 5.68. The number of rotatable bonds is 3. The fourth-order valence-electron chi connectivity index (χ4n) is 3.28. The zero-order chi connectivity index (χ0) is 15.9. The maximum atomic E-state index is 11.8. The summed E-state index contributed by atoms with van der Waals surface area (Å²) in [5.74, 6) is 0. The number of amides is 1. The highest BCUT2D eigenvalue weighted by atomic mass is 16.6. The molecular weight excluding hydrogens is 266 g/mol. The fourth-order valence-corrected chi connectivity index (χ4v) is 3.28. The maximum absolute atomic E-state index is 11.8. The molecule has 1 saturated carbocycles. The molecular formula is C17H25NO3. The molecule has 1 aromatic carbocycles. The van der Waals surface area contributed by atoms with Gasteiger partial charge >= 0.3 is 6.09 Å². The highest BCUT2D eigenvalue weighted by Crippen LogP contribution is 2.72. The lowest BCUT2D eigenvalue weighted by Crippen LogP contribution is -2.38. The van der Waals surface area contributed by atoms with E-state index >= 15 is 0 Å². The molecule has 0 heterocycles. The van der Waals surface area contributed by atoms with Gasteiger partial charge in [-0.05, 0) is 17.9 Å². The monoisotopic (exact) mass is 291 g/mol. The Bertz CT molecular complexity index is 532. The van der Waals surface area contributed by atoms with Crippen molar-refractivity contribution in [2.24, 2.45) is 10.8 Å². The number of carbonyl (C=O) groups is 1. The molecule has 0 saturated heterocycles. The lowest BCUT2D eigenvalue weighted by molar-refractivity contribution is -0.00987. The number of nitrogens with one attached hydrogen (secondary N) is 1. The van der Waals surface area contributed by atoms with E-state index < -0.39 is 17.1 Å². The predicted octanol–water partition coefficient (Wildman–Crippen LogP) is 2.97. The van der Waals surface area contributed by atoms with Gasteiger partial charge in [-0.3, -0.25) is 0 Å². The van der Waals surface area contributed by atoms with Gasteiger partial charge in [0, 0.05) is 18.9 Å². The number of aryl methyl sites for hydroxylation is 1. The first-order valence-corrected chi connectivity index (χ1v) is 7.31. The lowest BCUT2D eigenvalue weighted by atomic mass is 9.74. The van der Waals surface area contributed by atoms with Crippen LogP contribution >= 0.6 is 0 Å². The van der Waals surface area contributed by atoms with Gasteiger partial charge in [0.2, 0.25) is 0 Å². The number of hydrogen-bond donors (Lipinski definition) is 2. The van der Waals surface area contributed by atoms with E-state index in [9.17, 15) is 9.90 Å². The molecule has 4 heteroatoms. The Morgan fingerprint density at radius 2 is 1.90 bits per heavy atom. The molecule has 1 fully saturated rings. The lowest BCUT2D eigenvalue weighted by Gasteiger charge is -2.35. The molecule has 0 bridgehead atoms. The van der Waals surface area contributed by atoms with Crippen LogP contribution in [-0.2, 0) is 10.3 Å². The Balaban J connectivity index is 2.48. The van der Waals surface area contributed by atoms with Gasteiger partial charge < -0.3 is 15.2 Å². The van der Waals surface area contributed by atoms with Crippen molar-refractivity contribution in [2.45, 2.75) is 39.7 Å². The Hall–Kier alpha value is -1.55. The molecule has 1 aromatic rings. The van der Waals surface area contributed by atoms with Gasteiger partial charge in [-0.1, -0.05) is 50.6 Å². The minimum atomic E-state index is -0.756. The summed E-state index contributed by atoms with van der Waals surface area (Å²) in [4.78, 5) is 11.8. The first kappa shape index (κ1) is 15.8. The molecule has 0 spiro atoms. The third kappa shape index (κ3) is 2.31. The second-order valence-corrected chi connectivity index (χ2v) is 7.00. The second-order valence-electron chi connectivity index (χ2n) is 7.00. The molecule has 0 aromatic heterocycles. The zero-order valence-electron chi connectivity index (χ0n) is 13.5. The fraction of sp³-hybridized carbons (Fsp3) is 0.588. The van der Waals surface area contributed by atoms with Crippen molar-refractivity contribution in [3.05, 3.63) is 35.4 Å². The Labute approximate surface area is 126 Å². The van der Waals surface area contributed by atoms with Crippen LogP contribution in [0, 0.1) is 17.8 Å². The van der Waals surface area contributed by atoms with Crippen LogP contribution < -0.4 is 5.32 Å². The number of hydrogen-bond acceptors (Lipinski definition) is 3. The van der Waals surface area contributed by atoms with E-state index in [1.165, 1.54) is 0 Å². The number of benzene rings is 1. The summed E-state index contributed by atoms with van der Waals surface area (Å²) in [5.41, 5.74) is 0.705. The van der Waals surface area contributed by atoms with Gasteiger partial charge in [0.05, 0.1) is 6.61 Å². The number of aliphatic hydroxyl groups excluding tert-OH is 1. The standard InChI is InChI=1S/C17H25NO3/c1-12-6-8-13(9-7-12)17(21-14(20)18-5)10-16(17,11-19)15(2,3)4/h6-9,19H,10-11H2,1-5H3,(H,18,20)/t16-,17?/m0/s1. The summed E-state index contributed by atoms with van der Waals surface area (Å²) >= 11 is 0. The molecule has 2 N–H and O–H groups in total. The van der Waals surface area contributed by atoms with Crippen molar-refractivity contribution in [1.29, 1.82) is 0 Å². The number of ether oxygens (including phenoxy) is 1. The van der Waals surface area contributed by atoms with Gasteiger partial charge in [-0.15, -0.1) is 0 Å². The van der Waals surface area contributed by atoms with Gasteiger partial charge in [0.25, 0.3) is 0 Å². The van der Waals surface area contributed by atoms with Gasteiger partial charge in [0.15, 0.2) is 0 Å². The molecule has 2 atom stereocenters. The van der Waals surface area contributed by atoms with Crippen molar-refractivity contribution in [1.82, 2.24) is 5.32 Å². The normalized spacial score (nSPS) is 28.1. The molecule has 4 nitrogen and oxygen atoms in total. The first-order chi connectivity index (χ1) is 9.72. The number of carbonyl (C=O) groups excluding carboxylic acids is 1. The minimum Gasteiger partial charge on any atom is -0.437 e. The maximum Gasteiger partial charge on any atom is 0.407 e. The van der Waals surface area contributed by atoms with Crippen molar-refractivity contribution in [2.75, 3.05) is 13.7 Å². The number of aliphatic hydroxyl groups is 1. The first-order valence-electron chi connectivity index (χ1n) is 7.31. The molecule has 2 rings (SSSR count). The van der Waals surface area contributed by atoms with Crippen LogP contribution in [0.1, 0.15) is 38.3 Å². The smallest absolute Gasteiger partial charge is 0.407 e. The number of alkyl carbamates (subject to hydrolysis) is 1. The van der Waals surface area contributed by atoms with Crippen molar-refractivity contribution < 1.29 is 14.6 Å². The van der Waals surface area contributed by atoms with Gasteiger partial charge in [0.1, 0.15) is 5.60 Å². The van der Waals surface area contributed by atoms with E-state index in [1.807, 2.05) is 31.2 Å².